The Morgan fingerprint density at radius 2 is 0.696 bits per heavy atom. The van der Waals surface area contributed by atoms with Crippen molar-refractivity contribution in [2.75, 3.05) is 0 Å². The summed E-state index contributed by atoms with van der Waals surface area (Å²) < 4.78 is 234. The van der Waals surface area contributed by atoms with Gasteiger partial charge in [0.05, 0.1) is 12.8 Å². The molecule has 0 aromatic rings. The first-order valence-corrected chi connectivity index (χ1v) is 10.5. The third-order valence-corrected chi connectivity index (χ3v) is 4.23. The van der Waals surface area contributed by atoms with Gasteiger partial charge in [-0.15, -0.1) is 0 Å². The fourth-order valence-electron chi connectivity index (χ4n) is 1.63. The summed E-state index contributed by atoms with van der Waals surface area (Å²) in [6.45, 7) is 3.63. The maximum absolute atomic E-state index is 12.9. The molecule has 0 saturated carbocycles. The molecule has 0 radical (unpaired) electrons. The van der Waals surface area contributed by atoms with Gasteiger partial charge in [-0.25, -0.2) is 4.39 Å². The summed E-state index contributed by atoms with van der Waals surface area (Å²) in [6, 6.07) is 0. The molecule has 0 fully saturated rings. The van der Waals surface area contributed by atoms with Crippen LogP contribution in [-0.2, 0) is 28.8 Å². The summed E-state index contributed by atoms with van der Waals surface area (Å²) in [6.07, 6.45) is -37.1. The van der Waals surface area contributed by atoms with E-state index in [1.54, 1.807) is 0 Å². The fourth-order valence-corrected chi connectivity index (χ4v) is 1.63. The number of carbonyl (C=O) groups is 6. The molecule has 270 valence electrons. The molecule has 0 atom stereocenters. The Morgan fingerprint density at radius 1 is 0.435 bits per heavy atom. The van der Waals surface area contributed by atoms with Gasteiger partial charge in [0.25, 0.3) is 11.6 Å². The number of hydrogen-bond acceptors (Lipinski definition) is 6. The molecule has 26 heteroatoms. The Kier molecular flexibility index (Phi) is 15.4. The van der Waals surface area contributed by atoms with Crippen LogP contribution in [0.5, 0.6) is 0 Å². The van der Waals surface area contributed by atoms with Crippen LogP contribution in [0, 0.1) is 5.41 Å². The lowest BCUT2D eigenvalue weighted by Crippen LogP contribution is -2.56. The van der Waals surface area contributed by atoms with E-state index in [-0.39, 0.29) is 0 Å². The molecule has 0 aliphatic rings. The largest absolute Gasteiger partial charge is 0.460 e. The van der Waals surface area contributed by atoms with Crippen LogP contribution < -0.4 is 0 Å². The SMILES string of the molecule is CC(C)(C)C(=O)CC(=O)C(F)(F)C(F)(F)C(F)(F)F.O=C(C(F)C(=O)C(F)(F)F)C(F)(F)F.O=C(CC(=O)C(F)(F)F)C(F)(F)F. The first kappa shape index (κ1) is 47.0. The number of halogens is 20. The lowest BCUT2D eigenvalue weighted by atomic mass is 9.86. The van der Waals surface area contributed by atoms with Gasteiger partial charge in [0.2, 0.25) is 23.5 Å². The van der Waals surface area contributed by atoms with Crippen molar-refractivity contribution in [3.63, 3.8) is 0 Å². The van der Waals surface area contributed by atoms with E-state index in [1.807, 2.05) is 0 Å². The van der Waals surface area contributed by atoms with Crippen molar-refractivity contribution >= 4 is 34.7 Å². The Balaban J connectivity index is -0.000000618. The molecule has 0 amide bonds. The predicted molar refractivity (Wildman–Crippen MR) is 104 cm³/mol. The van der Waals surface area contributed by atoms with Gasteiger partial charge in [0.15, 0.2) is 0 Å². The molecular weight excluding hydrogens is 716 g/mol. The molecule has 46 heavy (non-hydrogen) atoms. The highest BCUT2D eigenvalue weighted by Crippen LogP contribution is 2.47. The molecule has 6 nitrogen and oxygen atoms in total. The highest BCUT2D eigenvalue weighted by Gasteiger charge is 2.75. The molecule has 0 saturated heterocycles. The van der Waals surface area contributed by atoms with E-state index in [2.05, 4.69) is 0 Å². The van der Waals surface area contributed by atoms with Crippen LogP contribution in [-0.4, -0.2) is 83.6 Å². The average molecular weight is 730 g/mol. The van der Waals surface area contributed by atoms with Crippen LogP contribution in [0.3, 0.4) is 0 Å². The summed E-state index contributed by atoms with van der Waals surface area (Å²) in [5.74, 6) is -28.5. The van der Waals surface area contributed by atoms with Crippen LogP contribution in [0.25, 0.3) is 0 Å². The zero-order valence-corrected chi connectivity index (χ0v) is 22.0. The zero-order valence-electron chi connectivity index (χ0n) is 22.0. The van der Waals surface area contributed by atoms with Gasteiger partial charge >= 0.3 is 42.7 Å². The van der Waals surface area contributed by atoms with Gasteiger partial charge in [-0.1, -0.05) is 20.8 Å². The fraction of sp³-hybridized carbons (Fsp3) is 0.700. The number of Topliss-reactive ketones (excluding diaryl/α,β-unsaturated/α-hetero) is 6. The third kappa shape index (κ3) is 14.4. The number of carbonyl (C=O) groups excluding carboxylic acids is 6. The second-order valence-corrected chi connectivity index (χ2v) is 9.02. The highest BCUT2D eigenvalue weighted by molar-refractivity contribution is 6.09. The Hall–Kier alpha value is -3.38. The van der Waals surface area contributed by atoms with Crippen molar-refractivity contribution in [2.45, 2.75) is 82.5 Å². The van der Waals surface area contributed by atoms with Gasteiger partial charge in [-0.05, 0) is 0 Å². The smallest absolute Gasteiger partial charge is 0.299 e. The topological polar surface area (TPSA) is 102 Å². The molecule has 0 N–H and O–H groups in total. The number of alkyl halides is 20. The van der Waals surface area contributed by atoms with Gasteiger partial charge in [0.1, 0.15) is 5.78 Å². The monoisotopic (exact) mass is 730 g/mol. The van der Waals surface area contributed by atoms with E-state index >= 15 is 0 Å². The van der Waals surface area contributed by atoms with E-state index in [1.165, 1.54) is 20.8 Å². The number of hydrogen-bond donors (Lipinski definition) is 0. The van der Waals surface area contributed by atoms with Crippen molar-refractivity contribution in [3.05, 3.63) is 0 Å². The van der Waals surface area contributed by atoms with E-state index < -0.39 is 102 Å². The van der Waals surface area contributed by atoms with Crippen molar-refractivity contribution < 1.29 is 117 Å². The van der Waals surface area contributed by atoms with Crippen molar-refractivity contribution in [3.8, 4) is 0 Å². The normalized spacial score (nSPS) is 13.6. The van der Waals surface area contributed by atoms with Crippen molar-refractivity contribution in [1.29, 1.82) is 0 Å². The van der Waals surface area contributed by atoms with Crippen LogP contribution >= 0.6 is 0 Å². The van der Waals surface area contributed by atoms with E-state index in [0.717, 1.165) is 0 Å². The maximum Gasteiger partial charge on any atom is 0.460 e. The van der Waals surface area contributed by atoms with E-state index in [0.29, 0.717) is 0 Å². The molecule has 0 aromatic carbocycles. The summed E-state index contributed by atoms with van der Waals surface area (Å²) in [5, 5.41) is 0. The quantitative estimate of drug-likeness (QED) is 0.206. The van der Waals surface area contributed by atoms with Crippen molar-refractivity contribution in [2.24, 2.45) is 5.41 Å². The molecule has 0 aliphatic carbocycles. The Labute approximate surface area is 240 Å². The number of ketones is 6. The Bertz CT molecular complexity index is 1080. The van der Waals surface area contributed by atoms with Gasteiger partial charge in [-0.2, -0.15) is 83.4 Å². The van der Waals surface area contributed by atoms with E-state index in [4.69, 9.17) is 0 Å². The van der Waals surface area contributed by atoms with Crippen LogP contribution in [0.1, 0.15) is 33.6 Å². The lowest BCUT2D eigenvalue weighted by molar-refractivity contribution is -0.343. The lowest BCUT2D eigenvalue weighted by Gasteiger charge is -2.27. The van der Waals surface area contributed by atoms with Gasteiger partial charge < -0.3 is 0 Å². The molecule has 0 spiro atoms. The van der Waals surface area contributed by atoms with Crippen LogP contribution in [0.2, 0.25) is 0 Å². The highest BCUT2D eigenvalue weighted by atomic mass is 19.4. The first-order valence-electron chi connectivity index (χ1n) is 10.5. The minimum absolute atomic E-state index is 1.16. The Morgan fingerprint density at radius 3 is 0.891 bits per heavy atom. The minimum Gasteiger partial charge on any atom is -0.299 e. The molecule has 0 rings (SSSR count). The van der Waals surface area contributed by atoms with Crippen LogP contribution in [0.4, 0.5) is 87.8 Å². The zero-order chi connectivity index (χ0) is 38.5. The second-order valence-electron chi connectivity index (χ2n) is 9.02. The molecule has 0 aliphatic heterocycles. The van der Waals surface area contributed by atoms with Crippen LogP contribution in [0.15, 0.2) is 0 Å². The molecule has 0 aromatic heterocycles. The molecule has 0 unspecified atom stereocenters. The summed E-state index contributed by atoms with van der Waals surface area (Å²) in [7, 11) is 0. The summed E-state index contributed by atoms with van der Waals surface area (Å²) in [4.78, 5) is 61.5. The van der Waals surface area contributed by atoms with Gasteiger partial charge in [0, 0.05) is 5.41 Å². The average Bonchev–Trinajstić information content (AvgIpc) is 2.79. The van der Waals surface area contributed by atoms with Gasteiger partial charge in [-0.3, -0.25) is 28.8 Å². The molecule has 0 heterocycles. The molecule has 0 bridgehead atoms. The first-order chi connectivity index (χ1) is 19.6. The maximum atomic E-state index is 12.9. The van der Waals surface area contributed by atoms with Crippen molar-refractivity contribution in [1.82, 2.24) is 0 Å². The van der Waals surface area contributed by atoms with E-state index in [9.17, 15) is 117 Å². The summed E-state index contributed by atoms with van der Waals surface area (Å²) >= 11 is 0. The summed E-state index contributed by atoms with van der Waals surface area (Å²) in [5.41, 5.74) is -1.31. The minimum atomic E-state index is -6.59. The third-order valence-electron chi connectivity index (χ3n) is 4.23. The standard InChI is InChI=1S/C10H11F7O2.C5HF7O2.C5H2F6O2/c1-7(2,3)5(18)4-6(19)8(11,12)9(13,14)10(15,16)17;6-1(2(13)4(7,8)9)3(14)5(10,11)12;6-4(7,8)2(12)1-3(13)5(9,10)11/h4H2,1-3H3;1H;1H2. The number of rotatable bonds is 8. The molecular formula is C20H14F20O6. The predicted octanol–water partition coefficient (Wildman–Crippen LogP) is 6.62. The second kappa shape index (κ2) is 15.0.